The molecule has 11 nitrogen and oxygen atoms in total. The minimum Gasteiger partial charge on any atom is -0.759 e. The van der Waals surface area contributed by atoms with Crippen LogP contribution in [0.2, 0.25) is 0 Å². The van der Waals surface area contributed by atoms with E-state index in [-0.39, 0.29) is 33.9 Å². The van der Waals surface area contributed by atoms with Crippen molar-refractivity contribution in [1.82, 2.24) is 8.02 Å². The predicted molar refractivity (Wildman–Crippen MR) is 125 cm³/mol. The van der Waals surface area contributed by atoms with E-state index in [0.29, 0.717) is 12.7 Å². The van der Waals surface area contributed by atoms with Gasteiger partial charge in [-0.2, -0.15) is 21.9 Å². The van der Waals surface area contributed by atoms with Gasteiger partial charge >= 0.3 is 23.6 Å². The number of hydrogen-bond donors (Lipinski definition) is 0. The van der Waals surface area contributed by atoms with Crippen LogP contribution in [0.5, 0.6) is 0 Å². The van der Waals surface area contributed by atoms with E-state index in [0.717, 1.165) is 13.8 Å². The van der Waals surface area contributed by atoms with Gasteiger partial charge in [0.2, 0.25) is 10.0 Å². The lowest BCUT2D eigenvalue weighted by molar-refractivity contribution is -0.226. The molecule has 1 saturated heterocycles. The topological polar surface area (TPSA) is 158 Å². The monoisotopic (exact) mass is 641 g/mol. The number of alkyl halides is 6. The number of esters is 1. The number of hydrogen-bond acceptors (Lipinski definition) is 9. The first-order chi connectivity index (χ1) is 17.2. The highest BCUT2D eigenvalue weighted by atomic mass is 32.3. The molecule has 232 valence electrons. The van der Waals surface area contributed by atoms with E-state index < -0.39 is 78.2 Å². The Morgan fingerprint density at radius 2 is 1.44 bits per heavy atom. The normalized spacial score (nSPS) is 18.6. The molecule has 1 aliphatic heterocycles. The Balaban J connectivity index is 0.000000748. The average Bonchev–Trinajstić information content (AvgIpc) is 2.75. The molecule has 1 fully saturated rings. The zero-order valence-electron chi connectivity index (χ0n) is 21.9. The van der Waals surface area contributed by atoms with Crippen LogP contribution in [0.25, 0.3) is 0 Å². The van der Waals surface area contributed by atoms with Crippen LogP contribution in [-0.2, 0) is 45.6 Å². The first-order valence-electron chi connectivity index (χ1n) is 11.0. The fourth-order valence-electron chi connectivity index (χ4n) is 2.82. The fraction of sp³-hybridized carbons (Fsp3) is 0.895. The van der Waals surface area contributed by atoms with Gasteiger partial charge in [0, 0.05) is 30.9 Å². The summed E-state index contributed by atoms with van der Waals surface area (Å²) in [7, 11) is -9.94. The van der Waals surface area contributed by atoms with E-state index in [1.54, 1.807) is 20.8 Å². The first kappa shape index (κ1) is 37.6. The van der Waals surface area contributed by atoms with Gasteiger partial charge in [0.1, 0.15) is 16.8 Å². The molecule has 39 heavy (non-hydrogen) atoms. The van der Waals surface area contributed by atoms with Crippen LogP contribution in [0.1, 0.15) is 53.9 Å². The lowest BCUT2D eigenvalue weighted by Gasteiger charge is -2.33. The number of piperidine rings is 1. The molecule has 0 amide bonds. The maximum atomic E-state index is 13.2. The summed E-state index contributed by atoms with van der Waals surface area (Å²) >= 11 is -3.14. The third-order valence-corrected chi connectivity index (χ3v) is 9.72. The summed E-state index contributed by atoms with van der Waals surface area (Å²) in [5.74, 6) is -7.60. The highest BCUT2D eigenvalue weighted by Gasteiger charge is 2.72. The molecule has 0 aromatic carbocycles. The van der Waals surface area contributed by atoms with Crippen LogP contribution in [0.3, 0.4) is 0 Å². The summed E-state index contributed by atoms with van der Waals surface area (Å²) in [6, 6.07) is 0. The molecule has 2 unspecified atom stereocenters. The Bertz CT molecular complexity index is 1120. The Morgan fingerprint density at radius 1 is 1.00 bits per heavy atom. The number of ether oxygens (including phenoxy) is 1. The van der Waals surface area contributed by atoms with Crippen molar-refractivity contribution >= 4 is 43.1 Å². The lowest BCUT2D eigenvalue weighted by Crippen LogP contribution is -2.57. The quantitative estimate of drug-likeness (QED) is 0.151. The molecule has 0 aliphatic carbocycles. The molecule has 20 heteroatoms. The van der Waals surface area contributed by atoms with Gasteiger partial charge in [-0.15, -0.1) is 3.71 Å². The molecule has 2 atom stereocenters. The zero-order chi connectivity index (χ0) is 31.4. The number of carbonyl (C=O) groups is 2. The van der Waals surface area contributed by atoms with Crippen LogP contribution in [-0.4, -0.2) is 94.5 Å². The van der Waals surface area contributed by atoms with Gasteiger partial charge < -0.3 is 9.29 Å². The van der Waals surface area contributed by atoms with Gasteiger partial charge in [-0.1, -0.05) is 6.42 Å². The molecule has 0 aromatic heterocycles. The first-order valence-corrected chi connectivity index (χ1v) is 15.3. The molecule has 0 aromatic rings. The fourth-order valence-corrected chi connectivity index (χ4v) is 6.05. The summed E-state index contributed by atoms with van der Waals surface area (Å²) in [4.78, 5) is 23.9. The van der Waals surface area contributed by atoms with Crippen LogP contribution in [0.15, 0.2) is 0 Å². The maximum absolute atomic E-state index is 13.2. The van der Waals surface area contributed by atoms with Crippen molar-refractivity contribution in [1.29, 1.82) is 0 Å². The Labute approximate surface area is 225 Å². The van der Waals surface area contributed by atoms with Gasteiger partial charge in [0.15, 0.2) is 0 Å². The van der Waals surface area contributed by atoms with Crippen LogP contribution in [0, 0.1) is 5.41 Å². The average molecular weight is 642 g/mol. The number of rotatable bonds is 10. The van der Waals surface area contributed by atoms with Crippen LogP contribution < -0.4 is 0 Å². The second-order valence-electron chi connectivity index (χ2n) is 9.74. The van der Waals surface area contributed by atoms with Crippen molar-refractivity contribution in [2.45, 2.75) is 77.1 Å². The third-order valence-electron chi connectivity index (χ3n) is 5.25. The summed E-state index contributed by atoms with van der Waals surface area (Å²) in [6.07, 6.45) is -3.06. The molecule has 0 radical (unpaired) electrons. The molecule has 0 saturated carbocycles. The van der Waals surface area contributed by atoms with Crippen molar-refractivity contribution in [2.24, 2.45) is 5.41 Å². The van der Waals surface area contributed by atoms with E-state index in [1.165, 1.54) is 0 Å². The smallest absolute Gasteiger partial charge is 0.426 e. The lowest BCUT2D eigenvalue weighted by atomic mass is 9.86. The molecule has 1 heterocycles. The Kier molecular flexibility index (Phi) is 12.6. The molecular formula is C19H31F6N2O9S3-. The van der Waals surface area contributed by atoms with Gasteiger partial charge in [-0.3, -0.25) is 13.8 Å². The number of sulfonamides is 2. The minimum absolute atomic E-state index is 0.0539. The standard InChI is InChI=1S/C11H21NO7S2.C8H11F6NO2S/c1-8(13)11(5,9(14)19-10(2,3)4)7-12(20(15)16)21(6,17)18;9-6(10)7(11,12)8(13,14)18(16,17)15-4-2-1-3-5-15/h7H2,1-6H3,(H,15,16);6H,1-5H2/p-1. The number of ketones is 1. The van der Waals surface area contributed by atoms with Gasteiger partial charge in [-0.25, -0.2) is 25.6 Å². The summed E-state index contributed by atoms with van der Waals surface area (Å²) in [5, 5.41) is -5.81. The van der Waals surface area contributed by atoms with E-state index in [9.17, 15) is 61.5 Å². The highest BCUT2D eigenvalue weighted by molar-refractivity contribution is 7.98. The van der Waals surface area contributed by atoms with Gasteiger partial charge in [0.25, 0.3) is 10.0 Å². The van der Waals surface area contributed by atoms with Crippen LogP contribution >= 0.6 is 0 Å². The third kappa shape index (κ3) is 9.34. The van der Waals surface area contributed by atoms with Crippen LogP contribution in [0.4, 0.5) is 26.3 Å². The van der Waals surface area contributed by atoms with Crippen molar-refractivity contribution < 1.29 is 66.3 Å². The van der Waals surface area contributed by atoms with Gasteiger partial charge in [-0.05, 0) is 47.5 Å². The summed E-state index contributed by atoms with van der Waals surface area (Å²) in [5.41, 5.74) is -2.82. The summed E-state index contributed by atoms with van der Waals surface area (Å²) < 4.78 is 148. The van der Waals surface area contributed by atoms with Crippen molar-refractivity contribution in [3.05, 3.63) is 0 Å². The zero-order valence-corrected chi connectivity index (χ0v) is 24.3. The number of nitrogens with zero attached hydrogens (tertiary/aromatic N) is 2. The Hall–Kier alpha value is -1.35. The van der Waals surface area contributed by atoms with Gasteiger partial charge in [0.05, 0.1) is 6.26 Å². The van der Waals surface area contributed by atoms with E-state index in [1.807, 2.05) is 0 Å². The van der Waals surface area contributed by atoms with Crippen molar-refractivity contribution in [2.75, 3.05) is 25.9 Å². The number of halogens is 6. The minimum atomic E-state index is -5.91. The Morgan fingerprint density at radius 3 is 1.74 bits per heavy atom. The SMILES string of the molecule is CC(=O)C(C)(CN(S(=O)[O-])S(C)(=O)=O)C(=O)OC(C)(C)C.O=S(=O)(N1CCCCC1)C(F)(F)C(F)(F)C(F)F. The molecule has 1 aliphatic rings. The van der Waals surface area contributed by atoms with E-state index in [2.05, 4.69) is 0 Å². The summed E-state index contributed by atoms with van der Waals surface area (Å²) in [6.45, 7) is 5.37. The molecule has 1 rings (SSSR count). The highest BCUT2D eigenvalue weighted by Crippen LogP contribution is 2.44. The molecular weight excluding hydrogens is 610 g/mol. The molecule has 0 bridgehead atoms. The van der Waals surface area contributed by atoms with Crippen molar-refractivity contribution in [3.8, 4) is 0 Å². The largest absolute Gasteiger partial charge is 0.759 e. The maximum Gasteiger partial charge on any atom is 0.426 e. The number of Topliss-reactive ketones (excluding diaryl/α,β-unsaturated/α-hetero) is 1. The van der Waals surface area contributed by atoms with Crippen molar-refractivity contribution in [3.63, 3.8) is 0 Å². The molecule has 0 spiro atoms. The molecule has 0 N–H and O–H groups in total. The predicted octanol–water partition coefficient (Wildman–Crippen LogP) is 2.27. The van der Waals surface area contributed by atoms with E-state index >= 15 is 0 Å². The van der Waals surface area contributed by atoms with E-state index in [4.69, 9.17) is 4.74 Å². The number of carbonyl (C=O) groups excluding carboxylic acids is 2. The second kappa shape index (κ2) is 13.1. The second-order valence-corrected chi connectivity index (χ2v) is 14.7.